The van der Waals surface area contributed by atoms with Crippen LogP contribution in [0.5, 0.6) is 0 Å². The maximum absolute atomic E-state index is 15.0. The standard InChI is InChI=1S/C29H43FN2/c1-3-5-7-9-11-13-24-21-31-29(32-22-24)26-18-19-27(28(30)20-26)25-16-14-23(15-17-25)12-10-8-6-4-2/h18-23,25H,3-17H2,1-2H3/t23-,25-. The Balaban J connectivity index is 1.50. The maximum Gasteiger partial charge on any atom is 0.159 e. The van der Waals surface area contributed by atoms with Gasteiger partial charge in [-0.25, -0.2) is 14.4 Å². The van der Waals surface area contributed by atoms with E-state index in [2.05, 4.69) is 23.8 Å². The second kappa shape index (κ2) is 13.7. The third kappa shape index (κ3) is 7.67. The van der Waals surface area contributed by atoms with Crippen molar-refractivity contribution in [3.8, 4) is 11.4 Å². The highest BCUT2D eigenvalue weighted by Crippen LogP contribution is 2.39. The normalized spacial score (nSPS) is 18.7. The molecule has 0 bridgehead atoms. The Morgan fingerprint density at radius 2 is 1.47 bits per heavy atom. The number of aromatic nitrogens is 2. The van der Waals surface area contributed by atoms with Gasteiger partial charge < -0.3 is 0 Å². The lowest BCUT2D eigenvalue weighted by atomic mass is 9.76. The fraction of sp³-hybridized carbons (Fsp3) is 0.655. The molecule has 0 amide bonds. The van der Waals surface area contributed by atoms with Gasteiger partial charge in [0.2, 0.25) is 0 Å². The van der Waals surface area contributed by atoms with Gasteiger partial charge in [0, 0.05) is 18.0 Å². The Kier molecular flexibility index (Phi) is 10.6. The predicted molar refractivity (Wildman–Crippen MR) is 133 cm³/mol. The molecule has 2 nitrogen and oxygen atoms in total. The van der Waals surface area contributed by atoms with Crippen molar-refractivity contribution in [2.45, 2.75) is 116 Å². The smallest absolute Gasteiger partial charge is 0.159 e. The van der Waals surface area contributed by atoms with Crippen molar-refractivity contribution in [3.63, 3.8) is 0 Å². The summed E-state index contributed by atoms with van der Waals surface area (Å²) in [6.45, 7) is 4.51. The van der Waals surface area contributed by atoms with Crippen molar-refractivity contribution < 1.29 is 4.39 Å². The highest BCUT2D eigenvalue weighted by molar-refractivity contribution is 5.55. The fourth-order valence-corrected chi connectivity index (χ4v) is 5.18. The minimum atomic E-state index is -0.0857. The summed E-state index contributed by atoms with van der Waals surface area (Å²) in [5.41, 5.74) is 2.85. The predicted octanol–water partition coefficient (Wildman–Crippen LogP) is 9.04. The number of rotatable bonds is 13. The van der Waals surface area contributed by atoms with Crippen LogP contribution in [0.3, 0.4) is 0 Å². The average molecular weight is 439 g/mol. The highest BCUT2D eigenvalue weighted by Gasteiger charge is 2.24. The van der Waals surface area contributed by atoms with E-state index in [1.54, 1.807) is 6.07 Å². The van der Waals surface area contributed by atoms with Gasteiger partial charge in [-0.15, -0.1) is 0 Å². The van der Waals surface area contributed by atoms with E-state index >= 15 is 0 Å². The summed E-state index contributed by atoms with van der Waals surface area (Å²) >= 11 is 0. The summed E-state index contributed by atoms with van der Waals surface area (Å²) in [6.07, 6.45) is 22.7. The van der Waals surface area contributed by atoms with E-state index in [1.165, 1.54) is 82.6 Å². The van der Waals surface area contributed by atoms with Crippen molar-refractivity contribution in [2.24, 2.45) is 5.92 Å². The Bertz CT molecular complexity index is 778. The molecule has 1 aromatic carbocycles. The molecule has 176 valence electrons. The van der Waals surface area contributed by atoms with Crippen molar-refractivity contribution in [3.05, 3.63) is 47.5 Å². The van der Waals surface area contributed by atoms with Gasteiger partial charge in [-0.3, -0.25) is 0 Å². The van der Waals surface area contributed by atoms with Crippen LogP contribution in [0.4, 0.5) is 4.39 Å². The fourth-order valence-electron chi connectivity index (χ4n) is 5.18. The molecule has 1 heterocycles. The van der Waals surface area contributed by atoms with Gasteiger partial charge in [0.05, 0.1) is 0 Å². The van der Waals surface area contributed by atoms with Crippen LogP contribution in [0, 0.1) is 11.7 Å². The van der Waals surface area contributed by atoms with Crippen molar-refractivity contribution >= 4 is 0 Å². The van der Waals surface area contributed by atoms with Crippen LogP contribution in [-0.2, 0) is 6.42 Å². The van der Waals surface area contributed by atoms with Crippen LogP contribution < -0.4 is 0 Å². The number of benzene rings is 1. The van der Waals surface area contributed by atoms with Crippen LogP contribution in [0.15, 0.2) is 30.6 Å². The van der Waals surface area contributed by atoms with E-state index in [9.17, 15) is 4.39 Å². The number of aryl methyl sites for hydroxylation is 1. The zero-order valence-corrected chi connectivity index (χ0v) is 20.4. The van der Waals surface area contributed by atoms with Crippen molar-refractivity contribution in [2.75, 3.05) is 0 Å². The molecular weight excluding hydrogens is 395 g/mol. The first kappa shape index (κ1) is 24.9. The zero-order valence-electron chi connectivity index (χ0n) is 20.4. The topological polar surface area (TPSA) is 25.8 Å². The number of nitrogens with zero attached hydrogens (tertiary/aromatic N) is 2. The summed E-state index contributed by atoms with van der Waals surface area (Å²) in [5.74, 6) is 1.76. The van der Waals surface area contributed by atoms with Crippen molar-refractivity contribution in [1.29, 1.82) is 0 Å². The first-order valence-corrected chi connectivity index (χ1v) is 13.3. The number of hydrogen-bond donors (Lipinski definition) is 0. The van der Waals surface area contributed by atoms with Gasteiger partial charge in [-0.1, -0.05) is 83.8 Å². The largest absolute Gasteiger partial charge is 0.236 e. The molecule has 1 aromatic heterocycles. The summed E-state index contributed by atoms with van der Waals surface area (Å²) in [4.78, 5) is 9.04. The van der Waals surface area contributed by atoms with E-state index in [0.29, 0.717) is 11.7 Å². The molecule has 0 unspecified atom stereocenters. The molecule has 0 atom stereocenters. The second-order valence-corrected chi connectivity index (χ2v) is 9.88. The third-order valence-corrected chi connectivity index (χ3v) is 7.29. The quantitative estimate of drug-likeness (QED) is 0.291. The summed E-state index contributed by atoms with van der Waals surface area (Å²) in [6, 6.07) is 5.64. The zero-order chi connectivity index (χ0) is 22.6. The Morgan fingerprint density at radius 3 is 2.12 bits per heavy atom. The molecule has 0 saturated heterocycles. The number of hydrogen-bond acceptors (Lipinski definition) is 2. The van der Waals surface area contributed by atoms with Gasteiger partial charge in [-0.2, -0.15) is 0 Å². The summed E-state index contributed by atoms with van der Waals surface area (Å²) in [5, 5.41) is 0. The van der Waals surface area contributed by atoms with E-state index in [4.69, 9.17) is 0 Å². The van der Waals surface area contributed by atoms with Crippen LogP contribution in [-0.4, -0.2) is 9.97 Å². The molecule has 1 saturated carbocycles. The lowest BCUT2D eigenvalue weighted by Crippen LogP contribution is -2.14. The molecule has 0 N–H and O–H groups in total. The van der Waals surface area contributed by atoms with E-state index < -0.39 is 0 Å². The minimum absolute atomic E-state index is 0.0857. The maximum atomic E-state index is 15.0. The Hall–Kier alpha value is -1.77. The SMILES string of the molecule is CCCCCCCc1cnc(-c2ccc([C@H]3CC[C@H](CCCCCC)CC3)c(F)c2)nc1. The molecule has 1 aliphatic rings. The number of unbranched alkanes of at least 4 members (excludes halogenated alkanes) is 7. The molecule has 1 fully saturated rings. The highest BCUT2D eigenvalue weighted by atomic mass is 19.1. The van der Waals surface area contributed by atoms with Crippen LogP contribution in [0.1, 0.15) is 121 Å². The van der Waals surface area contributed by atoms with Gasteiger partial charge >= 0.3 is 0 Å². The van der Waals surface area contributed by atoms with Crippen LogP contribution >= 0.6 is 0 Å². The van der Waals surface area contributed by atoms with Gasteiger partial charge in [0.15, 0.2) is 5.82 Å². The van der Waals surface area contributed by atoms with Crippen LogP contribution in [0.25, 0.3) is 11.4 Å². The molecular formula is C29H43FN2. The lowest BCUT2D eigenvalue weighted by molar-refractivity contribution is 0.298. The summed E-state index contributed by atoms with van der Waals surface area (Å²) in [7, 11) is 0. The minimum Gasteiger partial charge on any atom is -0.236 e. The first-order chi connectivity index (χ1) is 15.7. The Morgan fingerprint density at radius 1 is 0.812 bits per heavy atom. The number of halogens is 1. The Labute approximate surface area is 195 Å². The summed E-state index contributed by atoms with van der Waals surface area (Å²) < 4.78 is 15.0. The third-order valence-electron chi connectivity index (χ3n) is 7.29. The molecule has 3 rings (SSSR count). The van der Waals surface area contributed by atoms with E-state index in [0.717, 1.165) is 36.3 Å². The van der Waals surface area contributed by atoms with E-state index in [-0.39, 0.29) is 5.82 Å². The van der Waals surface area contributed by atoms with E-state index in [1.807, 2.05) is 24.5 Å². The monoisotopic (exact) mass is 438 g/mol. The average Bonchev–Trinajstić information content (AvgIpc) is 2.83. The molecule has 3 heteroatoms. The second-order valence-electron chi connectivity index (χ2n) is 9.88. The van der Waals surface area contributed by atoms with Gasteiger partial charge in [-0.05, 0) is 67.6 Å². The lowest BCUT2D eigenvalue weighted by Gasteiger charge is -2.29. The molecule has 0 aliphatic heterocycles. The van der Waals surface area contributed by atoms with Crippen molar-refractivity contribution in [1.82, 2.24) is 9.97 Å². The molecule has 2 aromatic rings. The molecule has 0 spiro atoms. The molecule has 32 heavy (non-hydrogen) atoms. The van der Waals surface area contributed by atoms with Crippen LogP contribution in [0.2, 0.25) is 0 Å². The molecule has 0 radical (unpaired) electrons. The van der Waals surface area contributed by atoms with Gasteiger partial charge in [0.1, 0.15) is 5.82 Å². The first-order valence-electron chi connectivity index (χ1n) is 13.3. The van der Waals surface area contributed by atoms with Gasteiger partial charge in [0.25, 0.3) is 0 Å². The molecule has 1 aliphatic carbocycles.